The monoisotopic (exact) mass is 460 g/mol. The van der Waals surface area contributed by atoms with Crippen molar-refractivity contribution in [3.63, 3.8) is 0 Å². The molecule has 8 bridgehead atoms. The third kappa shape index (κ3) is 3.19. The van der Waals surface area contributed by atoms with Crippen molar-refractivity contribution in [1.82, 2.24) is 0 Å². The number of hydrogen-bond donors (Lipinski definition) is 0. The Bertz CT molecular complexity index is 1500. The molecule has 0 amide bonds. The second-order valence-electron chi connectivity index (χ2n) is 10.3. The van der Waals surface area contributed by atoms with Gasteiger partial charge in [-0.3, -0.25) is 0 Å². The molecular weight excluding hydrogens is 428 g/mol. The molecule has 0 saturated heterocycles. The van der Waals surface area contributed by atoms with E-state index in [9.17, 15) is 0 Å². The van der Waals surface area contributed by atoms with Gasteiger partial charge in [-0.25, -0.2) is 20.0 Å². The molecule has 6 rings (SSSR count). The van der Waals surface area contributed by atoms with Gasteiger partial charge in [0.05, 0.1) is 45.6 Å². The molecule has 0 spiro atoms. The SMILES string of the molecule is CCC1=C(C)C2=CC3=NC(=CC4=NC5=C(C[C@@H](C)C5=C4C)C4=NC(=CC1=N2)C(C)=C4)C(C)=C3CC. The van der Waals surface area contributed by atoms with Crippen LogP contribution in [0, 0.1) is 5.92 Å². The molecule has 5 heterocycles. The maximum Gasteiger partial charge on any atom is 0.0729 e. The highest BCUT2D eigenvalue weighted by atomic mass is 14.9. The van der Waals surface area contributed by atoms with Crippen LogP contribution < -0.4 is 0 Å². The van der Waals surface area contributed by atoms with Gasteiger partial charge in [-0.2, -0.15) is 0 Å². The van der Waals surface area contributed by atoms with Crippen molar-refractivity contribution in [2.24, 2.45) is 25.9 Å². The Morgan fingerprint density at radius 3 is 1.80 bits per heavy atom. The lowest BCUT2D eigenvalue weighted by Crippen LogP contribution is -2.01. The first-order valence-corrected chi connectivity index (χ1v) is 12.8. The van der Waals surface area contributed by atoms with Crippen molar-refractivity contribution >= 4 is 22.8 Å². The van der Waals surface area contributed by atoms with E-state index in [0.29, 0.717) is 5.92 Å². The predicted octanol–water partition coefficient (Wildman–Crippen LogP) is 7.48. The third-order valence-corrected chi connectivity index (χ3v) is 8.17. The van der Waals surface area contributed by atoms with Crippen LogP contribution in [0.5, 0.6) is 0 Å². The fraction of sp³-hybridized carbons (Fsp3) is 0.355. The summed E-state index contributed by atoms with van der Waals surface area (Å²) in [5.74, 6) is 0.440. The van der Waals surface area contributed by atoms with E-state index in [1.54, 1.807) is 0 Å². The molecule has 1 aliphatic carbocycles. The molecule has 0 aromatic carbocycles. The van der Waals surface area contributed by atoms with Gasteiger partial charge in [-0.15, -0.1) is 0 Å². The van der Waals surface area contributed by atoms with E-state index in [1.807, 2.05) is 0 Å². The Hall–Kier alpha value is -3.40. The largest absolute Gasteiger partial charge is 0.248 e. The summed E-state index contributed by atoms with van der Waals surface area (Å²) in [7, 11) is 0. The smallest absolute Gasteiger partial charge is 0.0729 e. The van der Waals surface area contributed by atoms with Crippen LogP contribution in [0.3, 0.4) is 0 Å². The van der Waals surface area contributed by atoms with E-state index in [1.165, 1.54) is 44.6 Å². The Balaban J connectivity index is 1.64. The second-order valence-corrected chi connectivity index (χ2v) is 10.3. The molecule has 176 valence electrons. The molecule has 0 N–H and O–H groups in total. The predicted molar refractivity (Wildman–Crippen MR) is 147 cm³/mol. The lowest BCUT2D eigenvalue weighted by atomic mass is 9.96. The van der Waals surface area contributed by atoms with Gasteiger partial charge in [-0.05, 0) is 116 Å². The van der Waals surface area contributed by atoms with Crippen LogP contribution in [-0.2, 0) is 0 Å². The van der Waals surface area contributed by atoms with E-state index >= 15 is 0 Å². The number of rotatable bonds is 2. The minimum atomic E-state index is 0.440. The summed E-state index contributed by atoms with van der Waals surface area (Å²) in [5.41, 5.74) is 18.5. The molecular formula is C31H32N4. The molecule has 0 saturated carbocycles. The molecule has 1 atom stereocenters. The van der Waals surface area contributed by atoms with Gasteiger partial charge in [-0.1, -0.05) is 20.8 Å². The fourth-order valence-electron chi connectivity index (χ4n) is 6.17. The number of fused-ring (bicyclic) bond motifs is 4. The zero-order chi connectivity index (χ0) is 24.6. The van der Waals surface area contributed by atoms with Crippen molar-refractivity contribution in [2.45, 2.75) is 67.7 Å². The summed E-state index contributed by atoms with van der Waals surface area (Å²) in [6.07, 6.45) is 11.6. The van der Waals surface area contributed by atoms with Crippen molar-refractivity contribution in [3.8, 4) is 0 Å². The van der Waals surface area contributed by atoms with E-state index in [4.69, 9.17) is 20.0 Å². The Labute approximate surface area is 208 Å². The minimum absolute atomic E-state index is 0.440. The minimum Gasteiger partial charge on any atom is -0.248 e. The number of aliphatic imine (C=N–C) groups is 4. The topological polar surface area (TPSA) is 49.4 Å². The van der Waals surface area contributed by atoms with Gasteiger partial charge in [0.2, 0.25) is 0 Å². The number of hydrogen-bond acceptors (Lipinski definition) is 4. The van der Waals surface area contributed by atoms with Crippen LogP contribution in [-0.4, -0.2) is 22.8 Å². The average molecular weight is 461 g/mol. The summed E-state index contributed by atoms with van der Waals surface area (Å²) >= 11 is 0. The van der Waals surface area contributed by atoms with Crippen molar-refractivity contribution in [2.75, 3.05) is 0 Å². The zero-order valence-corrected chi connectivity index (χ0v) is 21.8. The zero-order valence-electron chi connectivity index (χ0n) is 21.8. The lowest BCUT2D eigenvalue weighted by Gasteiger charge is -2.07. The quantitative estimate of drug-likeness (QED) is 0.410. The van der Waals surface area contributed by atoms with Gasteiger partial charge in [0.25, 0.3) is 0 Å². The summed E-state index contributed by atoms with van der Waals surface area (Å²) in [5, 5.41) is 0. The Morgan fingerprint density at radius 1 is 0.657 bits per heavy atom. The first kappa shape index (κ1) is 22.1. The van der Waals surface area contributed by atoms with Gasteiger partial charge >= 0.3 is 0 Å². The van der Waals surface area contributed by atoms with Crippen LogP contribution in [0.2, 0.25) is 0 Å². The summed E-state index contributed by atoms with van der Waals surface area (Å²) in [6.45, 7) is 15.5. The standard InChI is InChI=1S/C31H32N4/c1-8-20-18(6)25-14-29-21(9-2)17(5)24(33-29)13-26-19(7)30-16(4)10-22(31(30)35-26)27-11-15(3)23(32-27)12-28(20)34-25/h11-14,16H,8-10H2,1-7H3/t16-/m1/s1. The Kier molecular flexibility index (Phi) is 4.93. The Morgan fingerprint density at radius 2 is 1.20 bits per heavy atom. The van der Waals surface area contributed by atoms with Crippen LogP contribution in [0.4, 0.5) is 0 Å². The van der Waals surface area contributed by atoms with E-state index in [0.717, 1.165) is 64.9 Å². The van der Waals surface area contributed by atoms with E-state index in [-0.39, 0.29) is 0 Å². The summed E-state index contributed by atoms with van der Waals surface area (Å²) in [4.78, 5) is 20.5. The maximum absolute atomic E-state index is 5.17. The van der Waals surface area contributed by atoms with Crippen LogP contribution >= 0.6 is 0 Å². The summed E-state index contributed by atoms with van der Waals surface area (Å²) in [6, 6.07) is 0. The molecule has 4 heteroatoms. The molecule has 0 fully saturated rings. The van der Waals surface area contributed by atoms with Crippen LogP contribution in [0.15, 0.2) is 112 Å². The van der Waals surface area contributed by atoms with Gasteiger partial charge < -0.3 is 0 Å². The molecule has 35 heavy (non-hydrogen) atoms. The van der Waals surface area contributed by atoms with E-state index in [2.05, 4.69) is 72.8 Å². The van der Waals surface area contributed by atoms with Crippen LogP contribution in [0.25, 0.3) is 0 Å². The normalized spacial score (nSPS) is 25.2. The highest BCUT2D eigenvalue weighted by Crippen LogP contribution is 2.45. The number of allylic oxidation sites excluding steroid dienone is 12. The molecule has 4 nitrogen and oxygen atoms in total. The van der Waals surface area contributed by atoms with Gasteiger partial charge in [0, 0.05) is 5.57 Å². The fourth-order valence-corrected chi connectivity index (χ4v) is 6.17. The van der Waals surface area contributed by atoms with Crippen molar-refractivity contribution in [1.29, 1.82) is 0 Å². The third-order valence-electron chi connectivity index (χ3n) is 8.17. The average Bonchev–Trinajstić information content (AvgIpc) is 3.58. The van der Waals surface area contributed by atoms with Crippen molar-refractivity contribution < 1.29 is 0 Å². The van der Waals surface area contributed by atoms with E-state index < -0.39 is 0 Å². The molecule has 0 aromatic rings. The molecule has 0 radical (unpaired) electrons. The summed E-state index contributed by atoms with van der Waals surface area (Å²) < 4.78 is 0. The highest BCUT2D eigenvalue weighted by molar-refractivity contribution is 6.20. The highest BCUT2D eigenvalue weighted by Gasteiger charge is 2.36. The maximum atomic E-state index is 5.17. The first-order valence-electron chi connectivity index (χ1n) is 12.8. The second kappa shape index (κ2) is 7.81. The van der Waals surface area contributed by atoms with Gasteiger partial charge in [0.1, 0.15) is 0 Å². The van der Waals surface area contributed by atoms with Gasteiger partial charge in [0.15, 0.2) is 0 Å². The molecule has 6 aliphatic rings. The number of nitrogens with zero attached hydrogens (tertiary/aromatic N) is 4. The first-order chi connectivity index (χ1) is 16.8. The lowest BCUT2D eigenvalue weighted by molar-refractivity contribution is 0.729. The van der Waals surface area contributed by atoms with Crippen molar-refractivity contribution in [3.05, 3.63) is 91.7 Å². The van der Waals surface area contributed by atoms with Crippen LogP contribution in [0.1, 0.15) is 67.7 Å². The molecule has 0 aromatic heterocycles. The molecule has 0 unspecified atom stereocenters. The molecule has 5 aliphatic heterocycles.